The van der Waals surface area contributed by atoms with Crippen molar-refractivity contribution in [2.45, 2.75) is 38.7 Å². The highest BCUT2D eigenvalue weighted by Gasteiger charge is 2.22. The van der Waals surface area contributed by atoms with Crippen LogP contribution < -0.4 is 0 Å². The molecule has 1 aromatic carbocycles. The highest BCUT2D eigenvalue weighted by Crippen LogP contribution is 2.43. The minimum absolute atomic E-state index is 0.524. The van der Waals surface area contributed by atoms with Gasteiger partial charge in [-0.2, -0.15) is 0 Å². The molecule has 0 amide bonds. The van der Waals surface area contributed by atoms with E-state index in [-0.39, 0.29) is 0 Å². The summed E-state index contributed by atoms with van der Waals surface area (Å²) in [4.78, 5) is 17.8. The van der Waals surface area contributed by atoms with Crippen molar-refractivity contribution in [1.29, 1.82) is 0 Å². The van der Waals surface area contributed by atoms with Crippen molar-refractivity contribution < 1.29 is 18.9 Å². The molecule has 4 nitrogen and oxygen atoms in total. The molecule has 0 aliphatic rings. The molecular formula is C12H19O4P. The van der Waals surface area contributed by atoms with Gasteiger partial charge in [0, 0.05) is 0 Å². The van der Waals surface area contributed by atoms with Crippen molar-refractivity contribution in [2.24, 2.45) is 0 Å². The number of rotatable bonds is 7. The first-order chi connectivity index (χ1) is 8.03. The summed E-state index contributed by atoms with van der Waals surface area (Å²) in [7, 11) is -4.44. The summed E-state index contributed by atoms with van der Waals surface area (Å²) in [6.07, 6.45) is 3.10. The fourth-order valence-electron chi connectivity index (χ4n) is 1.69. The Morgan fingerprint density at radius 2 is 1.88 bits per heavy atom. The van der Waals surface area contributed by atoms with Gasteiger partial charge in [-0.25, -0.2) is 4.57 Å². The monoisotopic (exact) mass is 258 g/mol. The number of benzene rings is 1. The van der Waals surface area contributed by atoms with E-state index in [9.17, 15) is 4.57 Å². The summed E-state index contributed by atoms with van der Waals surface area (Å²) in [6, 6.07) is 9.19. The van der Waals surface area contributed by atoms with Crippen LogP contribution in [0.1, 0.15) is 44.3 Å². The lowest BCUT2D eigenvalue weighted by Crippen LogP contribution is -2.03. The van der Waals surface area contributed by atoms with Crippen LogP contribution in [0.15, 0.2) is 30.3 Å². The predicted molar refractivity (Wildman–Crippen MR) is 66.5 cm³/mol. The highest BCUT2D eigenvalue weighted by atomic mass is 31.2. The van der Waals surface area contributed by atoms with Crippen LogP contribution in [0, 0.1) is 0 Å². The summed E-state index contributed by atoms with van der Waals surface area (Å²) in [5.41, 5.74) is 0.812. The summed E-state index contributed by atoms with van der Waals surface area (Å²) < 4.78 is 15.8. The number of hydrogen-bond acceptors (Lipinski definition) is 2. The van der Waals surface area contributed by atoms with Crippen molar-refractivity contribution >= 4 is 7.82 Å². The highest BCUT2D eigenvalue weighted by molar-refractivity contribution is 7.46. The van der Waals surface area contributed by atoms with Gasteiger partial charge in [0.15, 0.2) is 0 Å². The largest absolute Gasteiger partial charge is 0.470 e. The molecule has 2 N–H and O–H groups in total. The van der Waals surface area contributed by atoms with Crippen molar-refractivity contribution in [1.82, 2.24) is 0 Å². The Morgan fingerprint density at radius 3 is 2.41 bits per heavy atom. The molecule has 5 heteroatoms. The Labute approximate surface area is 102 Å². The Bertz CT molecular complexity index is 360. The molecule has 0 aliphatic heterocycles. The summed E-state index contributed by atoms with van der Waals surface area (Å²) >= 11 is 0. The SMILES string of the molecule is CCCCCC(OP(=O)(O)O)c1ccccc1. The van der Waals surface area contributed by atoms with E-state index in [4.69, 9.17) is 14.3 Å². The molecule has 1 rings (SSSR count). The first kappa shape index (κ1) is 14.4. The molecule has 0 radical (unpaired) electrons. The lowest BCUT2D eigenvalue weighted by Gasteiger charge is -2.18. The van der Waals surface area contributed by atoms with Crippen LogP contribution in [-0.4, -0.2) is 9.79 Å². The van der Waals surface area contributed by atoms with E-state index in [2.05, 4.69) is 6.92 Å². The molecule has 1 aromatic rings. The maximum atomic E-state index is 10.9. The van der Waals surface area contributed by atoms with Crippen LogP contribution in [0.5, 0.6) is 0 Å². The molecule has 0 spiro atoms. The van der Waals surface area contributed by atoms with Gasteiger partial charge in [0.2, 0.25) is 0 Å². The summed E-state index contributed by atoms with van der Waals surface area (Å²) in [5.74, 6) is 0. The van der Waals surface area contributed by atoms with E-state index < -0.39 is 13.9 Å². The minimum Gasteiger partial charge on any atom is -0.303 e. The molecule has 0 saturated heterocycles. The van der Waals surface area contributed by atoms with E-state index in [0.717, 1.165) is 24.8 Å². The Morgan fingerprint density at radius 1 is 1.24 bits per heavy atom. The fraction of sp³-hybridized carbons (Fsp3) is 0.500. The van der Waals surface area contributed by atoms with Gasteiger partial charge < -0.3 is 9.79 Å². The molecule has 0 bridgehead atoms. The van der Waals surface area contributed by atoms with Gasteiger partial charge in [0.05, 0.1) is 6.10 Å². The lowest BCUT2D eigenvalue weighted by atomic mass is 10.0. The molecule has 0 saturated carbocycles. The number of hydrogen-bond donors (Lipinski definition) is 2. The molecule has 1 unspecified atom stereocenters. The Balaban J connectivity index is 2.69. The average Bonchev–Trinajstić information content (AvgIpc) is 2.28. The number of phosphoric ester groups is 1. The lowest BCUT2D eigenvalue weighted by molar-refractivity contribution is 0.125. The van der Waals surface area contributed by atoms with Crippen LogP contribution in [0.3, 0.4) is 0 Å². The van der Waals surface area contributed by atoms with Crippen molar-refractivity contribution in [2.75, 3.05) is 0 Å². The summed E-state index contributed by atoms with van der Waals surface area (Å²) in [5, 5.41) is 0. The molecular weight excluding hydrogens is 239 g/mol. The molecule has 0 heterocycles. The van der Waals surface area contributed by atoms with Gasteiger partial charge in [-0.1, -0.05) is 56.5 Å². The van der Waals surface area contributed by atoms with Crippen LogP contribution >= 0.6 is 7.82 Å². The zero-order valence-electron chi connectivity index (χ0n) is 9.95. The predicted octanol–water partition coefficient (Wildman–Crippen LogP) is 3.42. The first-order valence-electron chi connectivity index (χ1n) is 5.82. The smallest absolute Gasteiger partial charge is 0.303 e. The number of phosphoric acid groups is 1. The molecule has 0 aromatic heterocycles. The van der Waals surface area contributed by atoms with Crippen LogP contribution in [0.4, 0.5) is 0 Å². The minimum atomic E-state index is -4.44. The third kappa shape index (κ3) is 5.99. The molecule has 0 aliphatic carbocycles. The third-order valence-corrected chi connectivity index (χ3v) is 3.03. The Kier molecular flexibility index (Phi) is 5.86. The van der Waals surface area contributed by atoms with Crippen molar-refractivity contribution in [3.8, 4) is 0 Å². The quantitative estimate of drug-likeness (QED) is 0.581. The van der Waals surface area contributed by atoms with Gasteiger partial charge in [0.25, 0.3) is 0 Å². The van der Waals surface area contributed by atoms with Crippen LogP contribution in [-0.2, 0) is 9.09 Å². The zero-order valence-corrected chi connectivity index (χ0v) is 10.8. The molecule has 0 fully saturated rings. The zero-order chi connectivity index (χ0) is 12.7. The van der Waals surface area contributed by atoms with Crippen molar-refractivity contribution in [3.63, 3.8) is 0 Å². The second-order valence-corrected chi connectivity index (χ2v) is 5.18. The van der Waals surface area contributed by atoms with E-state index in [0.29, 0.717) is 6.42 Å². The van der Waals surface area contributed by atoms with Gasteiger partial charge in [-0.15, -0.1) is 0 Å². The van der Waals surface area contributed by atoms with Gasteiger partial charge in [-0.05, 0) is 12.0 Å². The average molecular weight is 258 g/mol. The van der Waals surface area contributed by atoms with E-state index in [1.165, 1.54) is 0 Å². The normalized spacial score (nSPS) is 13.6. The molecule has 17 heavy (non-hydrogen) atoms. The van der Waals surface area contributed by atoms with Crippen LogP contribution in [0.25, 0.3) is 0 Å². The van der Waals surface area contributed by atoms with Crippen LogP contribution in [0.2, 0.25) is 0 Å². The second-order valence-electron chi connectivity index (χ2n) is 3.99. The molecule has 96 valence electrons. The van der Waals surface area contributed by atoms with Gasteiger partial charge >= 0.3 is 7.82 Å². The van der Waals surface area contributed by atoms with Crippen molar-refractivity contribution in [3.05, 3.63) is 35.9 Å². The van der Waals surface area contributed by atoms with Gasteiger partial charge in [0.1, 0.15) is 0 Å². The second kappa shape index (κ2) is 6.92. The third-order valence-electron chi connectivity index (χ3n) is 2.51. The fourth-order valence-corrected chi connectivity index (χ4v) is 2.25. The maximum absolute atomic E-state index is 10.9. The van der Waals surface area contributed by atoms with E-state index >= 15 is 0 Å². The molecule has 1 atom stereocenters. The maximum Gasteiger partial charge on any atom is 0.470 e. The summed E-state index contributed by atoms with van der Waals surface area (Å²) in [6.45, 7) is 2.08. The van der Waals surface area contributed by atoms with E-state index in [1.54, 1.807) is 0 Å². The van der Waals surface area contributed by atoms with E-state index in [1.807, 2.05) is 30.3 Å². The van der Waals surface area contributed by atoms with Gasteiger partial charge in [-0.3, -0.25) is 4.52 Å². The Hall–Kier alpha value is -0.670. The first-order valence-corrected chi connectivity index (χ1v) is 7.35. The standard InChI is InChI=1S/C12H19O4P/c1-2-3-5-10-12(16-17(13,14)15)11-8-6-4-7-9-11/h4,6-9,12H,2-3,5,10H2,1H3,(H2,13,14,15). The topological polar surface area (TPSA) is 66.8 Å². The number of unbranched alkanes of at least 4 members (excludes halogenated alkanes) is 2.